The van der Waals surface area contributed by atoms with Crippen LogP contribution in [0.15, 0.2) is 59.9 Å². The van der Waals surface area contributed by atoms with Crippen molar-refractivity contribution in [2.75, 3.05) is 13.3 Å². The third-order valence-electron chi connectivity index (χ3n) is 5.11. The maximum absolute atomic E-state index is 13.1. The summed E-state index contributed by atoms with van der Waals surface area (Å²) in [5.41, 5.74) is 1.73. The van der Waals surface area contributed by atoms with Gasteiger partial charge in [-0.3, -0.25) is 18.6 Å². The third kappa shape index (κ3) is 3.50. The zero-order chi connectivity index (χ0) is 21.4. The Morgan fingerprint density at radius 3 is 2.94 bits per heavy atom. The number of imidazole rings is 1. The molecule has 31 heavy (non-hydrogen) atoms. The molecule has 1 amide bonds. The minimum absolute atomic E-state index is 0.108. The normalized spacial score (nSPS) is 12.3. The molecule has 0 spiro atoms. The predicted octanol–water partition coefficient (Wildman–Crippen LogP) is 1.89. The van der Waals surface area contributed by atoms with E-state index in [4.69, 9.17) is 9.47 Å². The quantitative estimate of drug-likeness (QED) is 0.532. The molecule has 3 aromatic heterocycles. The van der Waals surface area contributed by atoms with Crippen LogP contribution in [0.25, 0.3) is 11.5 Å². The van der Waals surface area contributed by atoms with Gasteiger partial charge in [-0.15, -0.1) is 0 Å². The number of carbonyl (C=O) groups excluding carboxylic acids is 1. The predicted molar refractivity (Wildman–Crippen MR) is 112 cm³/mol. The van der Waals surface area contributed by atoms with Crippen LogP contribution < -0.4 is 20.3 Å². The molecule has 0 aliphatic carbocycles. The molecular formula is C22H19N5O4. The van der Waals surface area contributed by atoms with Gasteiger partial charge in [-0.25, -0.2) is 9.97 Å². The van der Waals surface area contributed by atoms with Crippen molar-refractivity contribution < 1.29 is 14.3 Å². The third-order valence-corrected chi connectivity index (χ3v) is 5.11. The van der Waals surface area contributed by atoms with Gasteiger partial charge < -0.3 is 14.8 Å². The van der Waals surface area contributed by atoms with Gasteiger partial charge in [-0.2, -0.15) is 0 Å². The lowest BCUT2D eigenvalue weighted by atomic mass is 10.1. The summed E-state index contributed by atoms with van der Waals surface area (Å²) in [6.45, 7) is 2.24. The van der Waals surface area contributed by atoms with Crippen LogP contribution in [0.4, 0.5) is 0 Å². The van der Waals surface area contributed by atoms with Crippen LogP contribution in [0.2, 0.25) is 0 Å². The van der Waals surface area contributed by atoms with Gasteiger partial charge in [0.2, 0.25) is 12.6 Å². The molecule has 1 aromatic carbocycles. The number of aromatic nitrogens is 4. The molecule has 0 radical (unpaired) electrons. The van der Waals surface area contributed by atoms with E-state index in [2.05, 4.69) is 15.3 Å². The largest absolute Gasteiger partial charge is 0.454 e. The average molecular weight is 417 g/mol. The second kappa shape index (κ2) is 7.60. The Balaban J connectivity index is 1.35. The van der Waals surface area contributed by atoms with E-state index in [0.29, 0.717) is 41.5 Å². The van der Waals surface area contributed by atoms with Crippen molar-refractivity contribution in [2.24, 2.45) is 0 Å². The van der Waals surface area contributed by atoms with Crippen LogP contribution >= 0.6 is 0 Å². The van der Waals surface area contributed by atoms with Crippen LogP contribution in [0, 0.1) is 6.92 Å². The molecule has 0 atom stereocenters. The Morgan fingerprint density at radius 2 is 2.06 bits per heavy atom. The highest BCUT2D eigenvalue weighted by molar-refractivity contribution is 5.95. The fraction of sp³-hybridized carbons (Fsp3) is 0.182. The molecule has 1 aliphatic heterocycles. The van der Waals surface area contributed by atoms with E-state index in [0.717, 1.165) is 5.69 Å². The van der Waals surface area contributed by atoms with Crippen molar-refractivity contribution in [1.29, 1.82) is 0 Å². The number of fused-ring (bicyclic) bond motifs is 2. The lowest BCUT2D eigenvalue weighted by Crippen LogP contribution is -2.34. The first kappa shape index (κ1) is 18.9. The van der Waals surface area contributed by atoms with Crippen molar-refractivity contribution in [2.45, 2.75) is 13.3 Å². The topological polar surface area (TPSA) is 99.8 Å². The van der Waals surface area contributed by atoms with Gasteiger partial charge in [0, 0.05) is 43.8 Å². The summed E-state index contributed by atoms with van der Waals surface area (Å²) in [6.07, 6.45) is 7.59. The maximum Gasteiger partial charge on any atom is 0.268 e. The number of pyridine rings is 1. The first-order valence-electron chi connectivity index (χ1n) is 9.79. The van der Waals surface area contributed by atoms with E-state index in [1.807, 2.05) is 22.9 Å². The highest BCUT2D eigenvalue weighted by Crippen LogP contribution is 2.33. The molecule has 0 unspecified atom stereocenters. The fourth-order valence-corrected chi connectivity index (χ4v) is 3.53. The number of ether oxygens (including phenoxy) is 2. The highest BCUT2D eigenvalue weighted by atomic mass is 16.7. The Labute approximate surface area is 176 Å². The number of nitrogens with one attached hydrogen (secondary N) is 1. The van der Waals surface area contributed by atoms with E-state index < -0.39 is 11.5 Å². The first-order valence-corrected chi connectivity index (χ1v) is 9.79. The summed E-state index contributed by atoms with van der Waals surface area (Å²) in [5.74, 6) is 1.38. The molecule has 5 rings (SSSR count). The number of benzene rings is 1. The number of hydrogen-bond acceptors (Lipinski definition) is 6. The molecular weight excluding hydrogens is 398 g/mol. The van der Waals surface area contributed by atoms with E-state index >= 15 is 0 Å². The van der Waals surface area contributed by atoms with Crippen LogP contribution in [-0.2, 0) is 6.42 Å². The summed E-state index contributed by atoms with van der Waals surface area (Å²) in [6, 6.07) is 8.78. The lowest BCUT2D eigenvalue weighted by molar-refractivity contribution is 0.0951. The second-order valence-corrected chi connectivity index (χ2v) is 7.15. The second-order valence-electron chi connectivity index (χ2n) is 7.15. The molecule has 0 saturated heterocycles. The molecule has 0 fully saturated rings. The molecule has 0 saturated carbocycles. The van der Waals surface area contributed by atoms with Gasteiger partial charge in [0.1, 0.15) is 5.56 Å². The molecule has 9 nitrogen and oxygen atoms in total. The van der Waals surface area contributed by atoms with Crippen LogP contribution in [-0.4, -0.2) is 38.2 Å². The summed E-state index contributed by atoms with van der Waals surface area (Å²) in [4.78, 5) is 34.5. The number of nitrogens with zero attached hydrogens (tertiary/aromatic N) is 4. The highest BCUT2D eigenvalue weighted by Gasteiger charge is 2.19. The van der Waals surface area contributed by atoms with Crippen LogP contribution in [0.5, 0.6) is 11.5 Å². The number of rotatable bonds is 5. The molecule has 4 heterocycles. The fourth-order valence-electron chi connectivity index (χ4n) is 3.53. The Morgan fingerprint density at radius 1 is 1.19 bits per heavy atom. The van der Waals surface area contributed by atoms with E-state index in [1.54, 1.807) is 43.6 Å². The van der Waals surface area contributed by atoms with Gasteiger partial charge in [0.15, 0.2) is 11.5 Å². The average Bonchev–Trinajstić information content (AvgIpc) is 3.39. The molecule has 0 bridgehead atoms. The maximum atomic E-state index is 13.1. The number of carbonyl (C=O) groups is 1. The molecule has 156 valence electrons. The van der Waals surface area contributed by atoms with Crippen molar-refractivity contribution in [1.82, 2.24) is 24.3 Å². The Hall–Kier alpha value is -4.14. The van der Waals surface area contributed by atoms with Gasteiger partial charge in [-0.05, 0) is 36.8 Å². The molecule has 1 N–H and O–H groups in total. The molecule has 4 aromatic rings. The molecule has 9 heteroatoms. The Kier molecular flexibility index (Phi) is 4.62. The first-order chi connectivity index (χ1) is 15.1. The van der Waals surface area contributed by atoms with E-state index in [-0.39, 0.29) is 12.4 Å². The zero-order valence-electron chi connectivity index (χ0n) is 16.7. The molecule has 1 aliphatic rings. The lowest BCUT2D eigenvalue weighted by Gasteiger charge is -2.11. The summed E-state index contributed by atoms with van der Waals surface area (Å²) < 4.78 is 14.0. The number of hydrogen-bond donors (Lipinski definition) is 1. The SMILES string of the molecule is Cc1ccn(-c2ccc3c(c2)OCO3)c(=O)c1C(=O)NCCc1cn2cccnc2n1. The minimum Gasteiger partial charge on any atom is -0.454 e. The zero-order valence-corrected chi connectivity index (χ0v) is 16.7. The van der Waals surface area contributed by atoms with Gasteiger partial charge >= 0.3 is 0 Å². The number of amides is 1. The summed E-state index contributed by atoms with van der Waals surface area (Å²) in [7, 11) is 0. The van der Waals surface area contributed by atoms with E-state index in [9.17, 15) is 9.59 Å². The van der Waals surface area contributed by atoms with Gasteiger partial charge in [0.05, 0.1) is 11.4 Å². The summed E-state index contributed by atoms with van der Waals surface area (Å²) >= 11 is 0. The van der Waals surface area contributed by atoms with Crippen LogP contribution in [0.3, 0.4) is 0 Å². The van der Waals surface area contributed by atoms with E-state index in [1.165, 1.54) is 4.57 Å². The van der Waals surface area contributed by atoms with Crippen molar-refractivity contribution >= 4 is 11.7 Å². The monoisotopic (exact) mass is 417 g/mol. The van der Waals surface area contributed by atoms with Crippen LogP contribution in [0.1, 0.15) is 21.6 Å². The van der Waals surface area contributed by atoms with Gasteiger partial charge in [-0.1, -0.05) is 0 Å². The standard InChI is InChI=1S/C22H19N5O4/c1-14-6-10-27(16-3-4-17-18(11-16)31-13-30-17)21(29)19(14)20(28)23-8-5-15-12-26-9-2-7-24-22(26)25-15/h2-4,6-7,9-12H,5,8,13H2,1H3,(H,23,28). The Bertz CT molecular complexity index is 1320. The smallest absolute Gasteiger partial charge is 0.268 e. The number of aryl methyl sites for hydroxylation is 1. The minimum atomic E-state index is -0.417. The van der Waals surface area contributed by atoms with Crippen molar-refractivity contribution in [3.8, 4) is 17.2 Å². The van der Waals surface area contributed by atoms with Crippen molar-refractivity contribution in [3.05, 3.63) is 82.3 Å². The van der Waals surface area contributed by atoms with Crippen molar-refractivity contribution in [3.63, 3.8) is 0 Å². The van der Waals surface area contributed by atoms with Gasteiger partial charge in [0.25, 0.3) is 11.5 Å². The summed E-state index contributed by atoms with van der Waals surface area (Å²) in [5, 5.41) is 2.83.